The molecule has 5 nitrogen and oxygen atoms in total. The van der Waals surface area contributed by atoms with E-state index in [-0.39, 0.29) is 42.5 Å². The summed E-state index contributed by atoms with van der Waals surface area (Å²) in [6.45, 7) is 10.2. The molecule has 0 amide bonds. The third-order valence-corrected chi connectivity index (χ3v) is 9.03. The van der Waals surface area contributed by atoms with Crippen LogP contribution in [-0.4, -0.2) is 20.4 Å². The van der Waals surface area contributed by atoms with Crippen LogP contribution in [0, 0.1) is 5.41 Å². The monoisotopic (exact) mass is 683 g/mol. The molecule has 38 heavy (non-hydrogen) atoms. The number of pyridine rings is 1. The van der Waals surface area contributed by atoms with Gasteiger partial charge in [0.05, 0.1) is 11.4 Å². The molecule has 1 N–H and O–H groups in total. The minimum Gasteiger partial charge on any atom is -0.512 e. The Kier molecular flexibility index (Phi) is 6.40. The van der Waals surface area contributed by atoms with E-state index in [4.69, 9.17) is 15.1 Å². The van der Waals surface area contributed by atoms with Gasteiger partial charge >= 0.3 is 0 Å². The summed E-state index contributed by atoms with van der Waals surface area (Å²) in [5, 5.41) is 13.3. The van der Waals surface area contributed by atoms with Gasteiger partial charge in [0.25, 0.3) is 0 Å². The van der Waals surface area contributed by atoms with Crippen LogP contribution in [0.3, 0.4) is 0 Å². The normalized spacial score (nSPS) is 21.3. The van der Waals surface area contributed by atoms with Gasteiger partial charge in [-0.05, 0) is 94.2 Å². The smallest absolute Gasteiger partial charge is 0.155 e. The van der Waals surface area contributed by atoms with Crippen LogP contribution >= 0.6 is 0 Å². The molecule has 197 valence electrons. The molecule has 1 radical (unpaired) electrons. The van der Waals surface area contributed by atoms with Crippen LogP contribution in [0.4, 0.5) is 0 Å². The van der Waals surface area contributed by atoms with Crippen molar-refractivity contribution in [2.24, 2.45) is 5.41 Å². The molecule has 6 heteroatoms. The van der Waals surface area contributed by atoms with Gasteiger partial charge in [0.15, 0.2) is 5.78 Å². The molecule has 3 heterocycles. The van der Waals surface area contributed by atoms with E-state index in [0.29, 0.717) is 5.92 Å². The number of aromatic nitrogens is 3. The summed E-state index contributed by atoms with van der Waals surface area (Å²) in [5.41, 5.74) is 5.63. The number of rotatable bonds is 2. The molecule has 2 atom stereocenters. The van der Waals surface area contributed by atoms with Crippen LogP contribution < -0.4 is 4.98 Å². The number of ketones is 1. The fourth-order valence-electron chi connectivity index (χ4n) is 6.87. The number of hydrogen-bond acceptors (Lipinski definition) is 3. The maximum absolute atomic E-state index is 10.0. The second-order valence-electron chi connectivity index (χ2n) is 11.4. The van der Waals surface area contributed by atoms with Crippen LogP contribution in [-0.2, 0) is 30.3 Å². The first-order valence-corrected chi connectivity index (χ1v) is 13.0. The number of allylic oxidation sites excluding steroid dienone is 2. The molecule has 7 rings (SSSR count). The Hall–Kier alpha value is -3.21. The average Bonchev–Trinajstić information content (AvgIpc) is 3.52. The molecule has 1 saturated carbocycles. The van der Waals surface area contributed by atoms with Crippen LogP contribution in [0.15, 0.2) is 72.8 Å². The maximum Gasteiger partial charge on any atom is 0.155 e. The first-order valence-electron chi connectivity index (χ1n) is 13.0. The van der Waals surface area contributed by atoms with Gasteiger partial charge in [-0.2, -0.15) is 0 Å². The zero-order valence-electron chi connectivity index (χ0n) is 22.4. The Morgan fingerprint density at radius 2 is 1.79 bits per heavy atom. The Morgan fingerprint density at radius 1 is 1.08 bits per heavy atom. The fraction of sp³-hybridized carbons (Fsp3) is 0.312. The van der Waals surface area contributed by atoms with E-state index in [2.05, 4.69) is 74.0 Å². The molecule has 0 saturated heterocycles. The fourth-order valence-corrected chi connectivity index (χ4v) is 6.87. The van der Waals surface area contributed by atoms with Crippen LogP contribution in [0.5, 0.6) is 0 Å². The van der Waals surface area contributed by atoms with Gasteiger partial charge in [-0.25, -0.2) is 0 Å². The summed E-state index contributed by atoms with van der Waals surface area (Å²) in [4.78, 5) is 19.9. The van der Waals surface area contributed by atoms with Crippen LogP contribution in [0.25, 0.3) is 38.5 Å². The zero-order chi connectivity index (χ0) is 26.1. The van der Waals surface area contributed by atoms with Crippen molar-refractivity contribution in [3.8, 4) is 5.82 Å². The minimum absolute atomic E-state index is 0. The van der Waals surface area contributed by atoms with Crippen molar-refractivity contribution in [3.63, 3.8) is 0 Å². The summed E-state index contributed by atoms with van der Waals surface area (Å²) in [6, 6.07) is 17.5. The summed E-state index contributed by atoms with van der Waals surface area (Å²) < 4.78 is 2.33. The van der Waals surface area contributed by atoms with Gasteiger partial charge < -0.3 is 14.7 Å². The molecule has 3 aromatic heterocycles. The van der Waals surface area contributed by atoms with Gasteiger partial charge in [-0.15, -0.1) is 0 Å². The summed E-state index contributed by atoms with van der Waals surface area (Å²) in [5.74, 6) is 1.60. The van der Waals surface area contributed by atoms with E-state index < -0.39 is 0 Å². The quantitative estimate of drug-likeness (QED) is 0.155. The first kappa shape index (κ1) is 26.4. The Labute approximate surface area is 236 Å². The van der Waals surface area contributed by atoms with Gasteiger partial charge in [0, 0.05) is 37.8 Å². The van der Waals surface area contributed by atoms with Crippen molar-refractivity contribution < 1.29 is 30.0 Å². The molecule has 2 aromatic carbocycles. The predicted molar refractivity (Wildman–Crippen MR) is 150 cm³/mol. The molecular weight excluding hydrogens is 651 g/mol. The molecule has 1 fully saturated rings. The second-order valence-corrected chi connectivity index (χ2v) is 11.4. The topological polar surface area (TPSA) is 69.2 Å². The standard InChI is InChI=1S/C27H24N3.C5H8O2.Ir/c1-26(2)20-10-11-27(26,3)21-15-29-25(23(20)21)30-22-14-17-8-5-4-7-16(17)13-19(22)18-9-6-12-28-24(18)30;1-4(6)3-5(2)7;/h4-9,12-15,20H,10-11H2,1-3H3;3,6H,1-2H3;/q-1;;/b;4-3-;. The van der Waals surface area contributed by atoms with E-state index in [1.165, 1.54) is 71.0 Å². The number of carbonyl (C=O) groups excluding carboxylic acids is 1. The molecule has 2 aliphatic rings. The summed E-state index contributed by atoms with van der Waals surface area (Å²) >= 11 is 0. The zero-order valence-corrected chi connectivity index (χ0v) is 24.8. The van der Waals surface area contributed by atoms with E-state index in [9.17, 15) is 4.79 Å². The van der Waals surface area contributed by atoms with Gasteiger partial charge in [0.1, 0.15) is 0 Å². The number of aliphatic hydroxyl groups excluding tert-OH is 1. The number of nitrogens with zero attached hydrogens (tertiary/aromatic N) is 3. The second kappa shape index (κ2) is 9.21. The van der Waals surface area contributed by atoms with Crippen molar-refractivity contribution in [3.05, 3.63) is 83.9 Å². The Morgan fingerprint density at radius 3 is 2.45 bits per heavy atom. The maximum atomic E-state index is 10.0. The van der Waals surface area contributed by atoms with Crippen LogP contribution in [0.2, 0.25) is 0 Å². The van der Waals surface area contributed by atoms with E-state index in [0.717, 1.165) is 11.5 Å². The van der Waals surface area contributed by atoms with Crippen molar-refractivity contribution >= 4 is 38.5 Å². The third-order valence-electron chi connectivity index (χ3n) is 9.03. The number of carbonyl (C=O) groups is 1. The molecule has 2 unspecified atom stereocenters. The van der Waals surface area contributed by atoms with Crippen molar-refractivity contribution in [1.82, 2.24) is 14.5 Å². The number of hydrogen-bond donors (Lipinski definition) is 1. The SMILES string of the molecule is CC(=O)/C=C(/C)O.CC12CCC(c3c1c[n-]c3-n1c3cc4ccccc4cc3c3cccnc31)C2(C)C.[Ir]. The van der Waals surface area contributed by atoms with Gasteiger partial charge in [0.2, 0.25) is 0 Å². The Balaban J connectivity index is 0.000000329. The summed E-state index contributed by atoms with van der Waals surface area (Å²) in [6.07, 6.45) is 7.74. The number of benzene rings is 2. The molecule has 2 bridgehead atoms. The predicted octanol–water partition coefficient (Wildman–Crippen LogP) is 7.50. The average molecular weight is 683 g/mol. The van der Waals surface area contributed by atoms with Crippen molar-refractivity contribution in [2.75, 3.05) is 0 Å². The number of aliphatic hydroxyl groups is 1. The van der Waals surface area contributed by atoms with E-state index in [1.807, 2.05) is 12.3 Å². The molecule has 2 aliphatic carbocycles. The van der Waals surface area contributed by atoms with E-state index in [1.54, 1.807) is 0 Å². The van der Waals surface area contributed by atoms with Crippen molar-refractivity contribution in [2.45, 2.75) is 58.8 Å². The molecule has 0 spiro atoms. The third kappa shape index (κ3) is 3.69. The van der Waals surface area contributed by atoms with Gasteiger partial charge in [-0.3, -0.25) is 9.78 Å². The number of fused-ring (bicyclic) bond motifs is 9. The minimum atomic E-state index is -0.125. The van der Waals surface area contributed by atoms with E-state index >= 15 is 0 Å². The molecular formula is C32H32IrN3O2-. The molecule has 0 aliphatic heterocycles. The van der Waals surface area contributed by atoms with Crippen LogP contribution in [0.1, 0.15) is 64.5 Å². The largest absolute Gasteiger partial charge is 0.512 e. The Bertz CT molecular complexity index is 1740. The van der Waals surface area contributed by atoms with Crippen molar-refractivity contribution in [1.29, 1.82) is 0 Å². The molecule has 5 aromatic rings. The first-order chi connectivity index (χ1) is 17.6. The summed E-state index contributed by atoms with van der Waals surface area (Å²) in [7, 11) is 0. The van der Waals surface area contributed by atoms with Gasteiger partial charge in [-0.1, -0.05) is 63.4 Å².